The van der Waals surface area contributed by atoms with Gasteiger partial charge >= 0.3 is 12.1 Å². The zero-order valence-electron chi connectivity index (χ0n) is 29.3. The van der Waals surface area contributed by atoms with Crippen LogP contribution in [0.1, 0.15) is 91.2 Å². The second-order valence-electron chi connectivity index (χ2n) is 14.7. The molecule has 0 fully saturated rings. The molecule has 0 bridgehead atoms. The molecule has 0 radical (unpaired) electrons. The molecule has 0 saturated carbocycles. The van der Waals surface area contributed by atoms with Crippen LogP contribution in [-0.4, -0.2) is 78.4 Å². The van der Waals surface area contributed by atoms with Gasteiger partial charge in [0, 0.05) is 37.3 Å². The number of likely N-dealkylation sites (N-methyl/N-ethyl adjacent to an activating group) is 1. The van der Waals surface area contributed by atoms with Gasteiger partial charge in [-0.15, -0.1) is 0 Å². The number of rotatable bonds is 12. The molecular formula is C36H54N4O5. The summed E-state index contributed by atoms with van der Waals surface area (Å²) in [6.07, 6.45) is 0.231. The van der Waals surface area contributed by atoms with Gasteiger partial charge in [0.2, 0.25) is 0 Å². The molecule has 0 unspecified atom stereocenters. The van der Waals surface area contributed by atoms with E-state index in [-0.39, 0.29) is 17.9 Å². The average Bonchev–Trinajstić information content (AvgIpc) is 2.84. The minimum absolute atomic E-state index is 0.162. The van der Waals surface area contributed by atoms with Crippen LogP contribution in [0.3, 0.4) is 0 Å². The molecule has 248 valence electrons. The molecular weight excluding hydrogens is 568 g/mol. The lowest BCUT2D eigenvalue weighted by Gasteiger charge is -2.26. The van der Waals surface area contributed by atoms with Crippen molar-refractivity contribution in [2.24, 2.45) is 5.41 Å². The Balaban J connectivity index is 2.08. The predicted molar refractivity (Wildman–Crippen MR) is 179 cm³/mol. The van der Waals surface area contributed by atoms with Crippen LogP contribution in [0.5, 0.6) is 5.75 Å². The van der Waals surface area contributed by atoms with Crippen LogP contribution in [0.15, 0.2) is 36.4 Å². The summed E-state index contributed by atoms with van der Waals surface area (Å²) in [5.41, 5.74) is 2.62. The number of nitrogens with zero attached hydrogens (tertiary/aromatic N) is 3. The van der Waals surface area contributed by atoms with Gasteiger partial charge in [-0.3, -0.25) is 14.7 Å². The lowest BCUT2D eigenvalue weighted by atomic mass is 9.96. The van der Waals surface area contributed by atoms with Crippen molar-refractivity contribution in [2.75, 3.05) is 40.3 Å². The number of esters is 1. The number of hydrogen-bond acceptors (Lipinski definition) is 8. The highest BCUT2D eigenvalue weighted by Crippen LogP contribution is 2.17. The zero-order valence-corrected chi connectivity index (χ0v) is 29.3. The maximum atomic E-state index is 12.4. The Hall–Kier alpha value is -3.61. The van der Waals surface area contributed by atoms with Gasteiger partial charge in [-0.25, -0.2) is 4.79 Å². The van der Waals surface area contributed by atoms with E-state index in [4.69, 9.17) is 19.2 Å². The molecule has 0 atom stereocenters. The Morgan fingerprint density at radius 3 is 1.91 bits per heavy atom. The Morgan fingerprint density at radius 2 is 1.36 bits per heavy atom. The predicted octanol–water partition coefficient (Wildman–Crippen LogP) is 6.03. The van der Waals surface area contributed by atoms with Gasteiger partial charge in [0.1, 0.15) is 17.0 Å². The lowest BCUT2D eigenvalue weighted by Crippen LogP contribution is -2.33. The quantitative estimate of drug-likeness (QED) is 0.174. The van der Waals surface area contributed by atoms with Crippen LogP contribution in [0, 0.1) is 17.3 Å². The molecule has 0 aliphatic carbocycles. The van der Waals surface area contributed by atoms with Crippen molar-refractivity contribution in [2.45, 2.75) is 93.0 Å². The molecule has 9 nitrogen and oxygen atoms in total. The van der Waals surface area contributed by atoms with Crippen LogP contribution in [0.25, 0.3) is 0 Å². The molecule has 1 amide bonds. The minimum atomic E-state index is -0.526. The van der Waals surface area contributed by atoms with E-state index in [1.807, 2.05) is 89.9 Å². The number of nitrogens with one attached hydrogen (secondary N) is 1. The largest absolute Gasteiger partial charge is 0.494 e. The molecule has 0 aliphatic heterocycles. The summed E-state index contributed by atoms with van der Waals surface area (Å²) in [6, 6.07) is 11.6. The van der Waals surface area contributed by atoms with Crippen LogP contribution in [0.2, 0.25) is 0 Å². The van der Waals surface area contributed by atoms with Crippen molar-refractivity contribution in [3.63, 3.8) is 0 Å². The second-order valence-corrected chi connectivity index (χ2v) is 14.7. The highest BCUT2D eigenvalue weighted by Gasteiger charge is 2.19. The number of amides is 1. The molecule has 1 aromatic carbocycles. The molecule has 1 heterocycles. The maximum absolute atomic E-state index is 12.4. The van der Waals surface area contributed by atoms with Gasteiger partial charge in [0.15, 0.2) is 0 Å². The van der Waals surface area contributed by atoms with Crippen LogP contribution >= 0.6 is 0 Å². The van der Waals surface area contributed by atoms with E-state index in [1.165, 1.54) is 0 Å². The fraction of sp³-hybridized carbons (Fsp3) is 0.583. The summed E-state index contributed by atoms with van der Waals surface area (Å²) >= 11 is 0. The second kappa shape index (κ2) is 16.6. The fourth-order valence-electron chi connectivity index (χ4n) is 4.50. The third-order valence-electron chi connectivity index (χ3n) is 5.82. The molecule has 0 saturated heterocycles. The average molecular weight is 623 g/mol. The lowest BCUT2D eigenvalue weighted by molar-refractivity contribution is -0.155. The van der Waals surface area contributed by atoms with Crippen LogP contribution in [-0.2, 0) is 27.4 Å². The third kappa shape index (κ3) is 17.5. The van der Waals surface area contributed by atoms with Crippen molar-refractivity contribution in [1.29, 1.82) is 0 Å². The Morgan fingerprint density at radius 1 is 0.800 bits per heavy atom. The summed E-state index contributed by atoms with van der Waals surface area (Å²) in [7, 11) is 3.98. The van der Waals surface area contributed by atoms with E-state index in [2.05, 4.69) is 49.9 Å². The number of benzene rings is 1. The maximum Gasteiger partial charge on any atom is 0.407 e. The summed E-state index contributed by atoms with van der Waals surface area (Å²) in [5.74, 6) is 7.03. The summed E-state index contributed by atoms with van der Waals surface area (Å²) in [4.78, 5) is 33.2. The standard InChI is InChI=1S/C36H54N4O5/c1-34(2,3)26-40(11)24-30-22-28(21-29(38-30)23-39(10)25-32(41)44-35(4,5)6)14-13-27-15-17-31(18-16-27)43-20-12-19-37-33(42)45-36(7,8)9/h15-18,21-22H,12,19-20,23-26H2,1-11H3,(H,37,42). The Kier molecular flexibility index (Phi) is 13.9. The summed E-state index contributed by atoms with van der Waals surface area (Å²) in [5, 5.41) is 2.73. The van der Waals surface area contributed by atoms with Gasteiger partial charge in [0.05, 0.1) is 24.5 Å². The molecule has 2 rings (SSSR count). The van der Waals surface area contributed by atoms with Crippen molar-refractivity contribution in [1.82, 2.24) is 20.1 Å². The van der Waals surface area contributed by atoms with E-state index >= 15 is 0 Å². The van der Waals surface area contributed by atoms with Gasteiger partial charge in [-0.05, 0) is 104 Å². The van der Waals surface area contributed by atoms with Crippen molar-refractivity contribution >= 4 is 12.1 Å². The monoisotopic (exact) mass is 622 g/mol. The molecule has 0 aliphatic rings. The Labute approximate surface area is 271 Å². The highest BCUT2D eigenvalue weighted by molar-refractivity contribution is 5.72. The first-order valence-electron chi connectivity index (χ1n) is 15.6. The third-order valence-corrected chi connectivity index (χ3v) is 5.82. The molecule has 1 aromatic heterocycles. The summed E-state index contributed by atoms with van der Waals surface area (Å²) < 4.78 is 16.5. The number of pyridine rings is 1. The van der Waals surface area contributed by atoms with Crippen LogP contribution < -0.4 is 10.1 Å². The van der Waals surface area contributed by atoms with Crippen molar-refractivity contribution in [3.05, 3.63) is 58.9 Å². The topological polar surface area (TPSA) is 93.2 Å². The molecule has 45 heavy (non-hydrogen) atoms. The molecule has 9 heteroatoms. The van der Waals surface area contributed by atoms with E-state index in [0.29, 0.717) is 32.7 Å². The highest BCUT2D eigenvalue weighted by atomic mass is 16.6. The first kappa shape index (κ1) is 37.6. The first-order chi connectivity index (χ1) is 20.8. The van der Waals surface area contributed by atoms with Gasteiger partial charge in [-0.1, -0.05) is 32.6 Å². The smallest absolute Gasteiger partial charge is 0.407 e. The van der Waals surface area contributed by atoms with Crippen molar-refractivity contribution < 1.29 is 23.8 Å². The van der Waals surface area contributed by atoms with Crippen LogP contribution in [0.4, 0.5) is 4.79 Å². The number of alkyl carbamates (subject to hydrolysis) is 1. The zero-order chi connectivity index (χ0) is 33.8. The number of hydrogen-bond donors (Lipinski definition) is 1. The van der Waals surface area contributed by atoms with Gasteiger partial charge in [-0.2, -0.15) is 0 Å². The summed E-state index contributed by atoms with van der Waals surface area (Å²) in [6.45, 7) is 21.0. The van der Waals surface area contributed by atoms with Crippen molar-refractivity contribution in [3.8, 4) is 17.6 Å². The van der Waals surface area contributed by atoms with E-state index in [0.717, 1.165) is 34.8 Å². The minimum Gasteiger partial charge on any atom is -0.494 e. The van der Waals surface area contributed by atoms with E-state index < -0.39 is 17.3 Å². The molecule has 2 aromatic rings. The number of carbonyl (C=O) groups is 2. The Bertz CT molecular complexity index is 1310. The molecule has 0 spiro atoms. The first-order valence-corrected chi connectivity index (χ1v) is 15.6. The normalized spacial score (nSPS) is 12.0. The van der Waals surface area contributed by atoms with E-state index in [1.54, 1.807) is 0 Å². The fourth-order valence-corrected chi connectivity index (χ4v) is 4.50. The number of aromatic nitrogens is 1. The van der Waals surface area contributed by atoms with E-state index in [9.17, 15) is 9.59 Å². The van der Waals surface area contributed by atoms with Gasteiger partial charge < -0.3 is 24.4 Å². The SMILES string of the molecule is CN(CC(=O)OC(C)(C)C)Cc1cc(C#Cc2ccc(OCCCNC(=O)OC(C)(C)C)cc2)cc(CN(C)CC(C)(C)C)n1. The molecule has 1 N–H and O–H groups in total. The number of carbonyl (C=O) groups excluding carboxylic acids is 2. The van der Waals surface area contributed by atoms with Gasteiger partial charge in [0.25, 0.3) is 0 Å². The number of ether oxygens (including phenoxy) is 3.